The van der Waals surface area contributed by atoms with E-state index >= 15 is 0 Å². The number of halogens is 1. The molecule has 1 fully saturated rings. The maximum absolute atomic E-state index is 12.9. The zero-order chi connectivity index (χ0) is 9.05. The van der Waals surface area contributed by atoms with Gasteiger partial charge in [-0.25, -0.2) is 4.39 Å². The van der Waals surface area contributed by atoms with Gasteiger partial charge >= 0.3 is 0 Å². The van der Waals surface area contributed by atoms with Gasteiger partial charge < -0.3 is 4.74 Å². The minimum absolute atomic E-state index is 0.205. The topological polar surface area (TPSA) is 9.23 Å². The predicted molar refractivity (Wildman–Crippen MR) is 47.4 cm³/mol. The standard InChI is InChI=1S/C11H11FO/c1-7-5-11(7)6-13-10-4-8(12)2-3-9(10)11/h2-4,7H,5-6H2,1H3/t7-,11?/m1/s1. The van der Waals surface area contributed by atoms with Crippen LogP contribution in [0.2, 0.25) is 0 Å². The van der Waals surface area contributed by atoms with Crippen LogP contribution < -0.4 is 4.74 Å². The van der Waals surface area contributed by atoms with Crippen LogP contribution in [0.15, 0.2) is 18.2 Å². The van der Waals surface area contributed by atoms with Gasteiger partial charge in [-0.2, -0.15) is 0 Å². The van der Waals surface area contributed by atoms with Crippen molar-refractivity contribution in [3.63, 3.8) is 0 Å². The molecule has 0 amide bonds. The molecule has 0 saturated heterocycles. The normalized spacial score (nSPS) is 34.5. The first kappa shape index (κ1) is 7.36. The molecular formula is C11H11FO. The van der Waals surface area contributed by atoms with Gasteiger partial charge in [-0.3, -0.25) is 0 Å². The molecule has 1 spiro atoms. The van der Waals surface area contributed by atoms with Crippen molar-refractivity contribution in [2.75, 3.05) is 6.61 Å². The monoisotopic (exact) mass is 178 g/mol. The highest BCUT2D eigenvalue weighted by Gasteiger charge is 2.57. The number of hydrogen-bond acceptors (Lipinski definition) is 1. The van der Waals surface area contributed by atoms with Crippen LogP contribution in [-0.2, 0) is 5.41 Å². The zero-order valence-corrected chi connectivity index (χ0v) is 7.51. The van der Waals surface area contributed by atoms with Crippen LogP contribution in [0, 0.1) is 11.7 Å². The van der Waals surface area contributed by atoms with Gasteiger partial charge in [0.1, 0.15) is 11.6 Å². The minimum Gasteiger partial charge on any atom is -0.492 e. The third-order valence-electron chi connectivity index (χ3n) is 3.42. The third kappa shape index (κ3) is 0.808. The van der Waals surface area contributed by atoms with E-state index in [1.165, 1.54) is 24.1 Å². The van der Waals surface area contributed by atoms with Crippen LogP contribution in [-0.4, -0.2) is 6.61 Å². The second kappa shape index (κ2) is 2.06. The van der Waals surface area contributed by atoms with E-state index in [0.717, 1.165) is 12.4 Å². The van der Waals surface area contributed by atoms with Gasteiger partial charge in [-0.1, -0.05) is 13.0 Å². The van der Waals surface area contributed by atoms with Gasteiger partial charge in [-0.15, -0.1) is 0 Å². The highest BCUT2D eigenvalue weighted by atomic mass is 19.1. The Kier molecular flexibility index (Phi) is 1.17. The molecule has 1 aliphatic carbocycles. The Hall–Kier alpha value is -1.05. The lowest BCUT2D eigenvalue weighted by Crippen LogP contribution is -2.10. The Labute approximate surface area is 76.5 Å². The number of benzene rings is 1. The first-order valence-corrected chi connectivity index (χ1v) is 4.65. The quantitative estimate of drug-likeness (QED) is 0.593. The highest BCUT2D eigenvalue weighted by molar-refractivity contribution is 5.48. The Bertz CT molecular complexity index is 374. The summed E-state index contributed by atoms with van der Waals surface area (Å²) >= 11 is 0. The summed E-state index contributed by atoms with van der Waals surface area (Å²) in [6.45, 7) is 2.97. The van der Waals surface area contributed by atoms with Crippen molar-refractivity contribution in [2.24, 2.45) is 5.92 Å². The van der Waals surface area contributed by atoms with E-state index in [0.29, 0.717) is 5.92 Å². The van der Waals surface area contributed by atoms with Gasteiger partial charge in [-0.05, 0) is 18.4 Å². The summed E-state index contributed by atoms with van der Waals surface area (Å²) in [6.07, 6.45) is 1.19. The summed E-state index contributed by atoms with van der Waals surface area (Å²) in [7, 11) is 0. The SMILES string of the molecule is C[C@@H]1CC12COc1cc(F)ccc12. The fourth-order valence-corrected chi connectivity index (χ4v) is 2.38. The van der Waals surface area contributed by atoms with Gasteiger partial charge in [0.25, 0.3) is 0 Å². The first-order valence-electron chi connectivity index (χ1n) is 4.65. The average Bonchev–Trinajstić information content (AvgIpc) is 2.59. The average molecular weight is 178 g/mol. The summed E-state index contributed by atoms with van der Waals surface area (Å²) in [5, 5.41) is 0. The molecule has 2 atom stereocenters. The van der Waals surface area contributed by atoms with E-state index < -0.39 is 0 Å². The highest BCUT2D eigenvalue weighted by Crippen LogP contribution is 2.59. The van der Waals surface area contributed by atoms with Crippen LogP contribution in [0.3, 0.4) is 0 Å². The second-order valence-electron chi connectivity index (χ2n) is 4.19. The molecule has 68 valence electrons. The van der Waals surface area contributed by atoms with E-state index in [-0.39, 0.29) is 11.2 Å². The van der Waals surface area contributed by atoms with E-state index in [4.69, 9.17) is 4.74 Å². The summed E-state index contributed by atoms with van der Waals surface area (Å²) in [4.78, 5) is 0. The molecule has 13 heavy (non-hydrogen) atoms. The molecule has 1 aromatic rings. The molecule has 0 radical (unpaired) electrons. The fourth-order valence-electron chi connectivity index (χ4n) is 2.38. The number of hydrogen-bond donors (Lipinski definition) is 0. The molecule has 3 rings (SSSR count). The molecule has 2 aliphatic rings. The molecule has 1 aliphatic heterocycles. The van der Waals surface area contributed by atoms with Gasteiger partial charge in [0.2, 0.25) is 0 Å². The lowest BCUT2D eigenvalue weighted by atomic mass is 9.96. The van der Waals surface area contributed by atoms with Crippen LogP contribution in [0.1, 0.15) is 18.9 Å². The van der Waals surface area contributed by atoms with E-state index in [1.54, 1.807) is 0 Å². The maximum Gasteiger partial charge on any atom is 0.126 e. The summed E-state index contributed by atoms with van der Waals surface area (Å²) in [6, 6.07) is 4.90. The molecular weight excluding hydrogens is 167 g/mol. The van der Waals surface area contributed by atoms with Crippen LogP contribution in [0.5, 0.6) is 5.75 Å². The summed E-state index contributed by atoms with van der Waals surface area (Å²) in [5.41, 5.74) is 1.45. The number of ether oxygens (including phenoxy) is 1. The Morgan fingerprint density at radius 1 is 1.54 bits per heavy atom. The van der Waals surface area contributed by atoms with Crippen LogP contribution in [0.25, 0.3) is 0 Å². The Morgan fingerprint density at radius 2 is 2.31 bits per heavy atom. The van der Waals surface area contributed by atoms with Crippen LogP contribution in [0.4, 0.5) is 4.39 Å². The van der Waals surface area contributed by atoms with Gasteiger partial charge in [0.15, 0.2) is 0 Å². The lowest BCUT2D eigenvalue weighted by Gasteiger charge is -2.04. The maximum atomic E-state index is 12.9. The van der Waals surface area contributed by atoms with E-state index in [1.807, 2.05) is 6.07 Å². The number of fused-ring (bicyclic) bond motifs is 2. The molecule has 0 aromatic heterocycles. The van der Waals surface area contributed by atoms with Crippen molar-refractivity contribution in [1.29, 1.82) is 0 Å². The van der Waals surface area contributed by atoms with Crippen LogP contribution >= 0.6 is 0 Å². The molecule has 1 saturated carbocycles. The van der Waals surface area contributed by atoms with Gasteiger partial charge in [0, 0.05) is 17.0 Å². The summed E-state index contributed by atoms with van der Waals surface area (Å²) < 4.78 is 18.3. The molecule has 1 unspecified atom stereocenters. The molecule has 1 nitrogen and oxygen atoms in total. The van der Waals surface area contributed by atoms with Crippen molar-refractivity contribution in [3.8, 4) is 5.75 Å². The van der Waals surface area contributed by atoms with Crippen molar-refractivity contribution in [3.05, 3.63) is 29.6 Å². The van der Waals surface area contributed by atoms with Crippen molar-refractivity contribution in [2.45, 2.75) is 18.8 Å². The third-order valence-corrected chi connectivity index (χ3v) is 3.42. The predicted octanol–water partition coefficient (Wildman–Crippen LogP) is 2.50. The number of rotatable bonds is 0. The van der Waals surface area contributed by atoms with Gasteiger partial charge in [0.05, 0.1) is 6.61 Å². The van der Waals surface area contributed by atoms with Crippen molar-refractivity contribution >= 4 is 0 Å². The Morgan fingerprint density at radius 3 is 3.00 bits per heavy atom. The molecule has 2 heteroatoms. The molecule has 0 bridgehead atoms. The first-order chi connectivity index (χ1) is 6.22. The zero-order valence-electron chi connectivity index (χ0n) is 7.51. The molecule has 1 aromatic carbocycles. The van der Waals surface area contributed by atoms with Crippen molar-refractivity contribution in [1.82, 2.24) is 0 Å². The Balaban J connectivity index is 2.13. The lowest BCUT2D eigenvalue weighted by molar-refractivity contribution is 0.315. The second-order valence-corrected chi connectivity index (χ2v) is 4.19. The smallest absolute Gasteiger partial charge is 0.126 e. The molecule has 1 heterocycles. The van der Waals surface area contributed by atoms with E-state index in [9.17, 15) is 4.39 Å². The summed E-state index contributed by atoms with van der Waals surface area (Å²) in [5.74, 6) is 1.24. The van der Waals surface area contributed by atoms with E-state index in [2.05, 4.69) is 6.92 Å². The minimum atomic E-state index is -0.205. The molecule has 0 N–H and O–H groups in total. The fraction of sp³-hybridized carbons (Fsp3) is 0.455. The van der Waals surface area contributed by atoms with Crippen molar-refractivity contribution < 1.29 is 9.13 Å². The largest absolute Gasteiger partial charge is 0.492 e.